The van der Waals surface area contributed by atoms with Crippen LogP contribution in [0.25, 0.3) is 0 Å². The number of carbonyl (C=O) groups excluding carboxylic acids is 2. The Kier molecular flexibility index (Phi) is 5.13. The van der Waals surface area contributed by atoms with Crippen LogP contribution >= 0.6 is 0 Å². The number of hydrogen-bond acceptors (Lipinski definition) is 4. The molecular weight excluding hydrogens is 232 g/mol. The molecule has 0 saturated carbocycles. The highest BCUT2D eigenvalue weighted by atomic mass is 16.5. The maximum absolute atomic E-state index is 11.1. The zero-order valence-electron chi connectivity index (χ0n) is 11.2. The third-order valence-corrected chi connectivity index (χ3v) is 2.98. The van der Waals surface area contributed by atoms with E-state index < -0.39 is 0 Å². The minimum atomic E-state index is -0.331. The predicted molar refractivity (Wildman–Crippen MR) is 67.8 cm³/mol. The van der Waals surface area contributed by atoms with Gasteiger partial charge in [-0.15, -0.1) is 0 Å². The molecule has 0 fully saturated rings. The first-order chi connectivity index (χ1) is 8.40. The SMILES string of the molecule is C=C(COC(C)=O)[C@H]1CCC(C)=C[C@H]1OC(C)=O. The summed E-state index contributed by atoms with van der Waals surface area (Å²) in [5, 5.41) is 0. The zero-order valence-corrected chi connectivity index (χ0v) is 11.2. The van der Waals surface area contributed by atoms with Gasteiger partial charge in [-0.1, -0.05) is 12.2 Å². The van der Waals surface area contributed by atoms with Crippen molar-refractivity contribution in [2.75, 3.05) is 6.61 Å². The summed E-state index contributed by atoms with van der Waals surface area (Å²) in [7, 11) is 0. The number of carbonyl (C=O) groups is 2. The van der Waals surface area contributed by atoms with E-state index >= 15 is 0 Å². The van der Waals surface area contributed by atoms with Gasteiger partial charge in [0.05, 0.1) is 0 Å². The number of hydrogen-bond donors (Lipinski definition) is 0. The Morgan fingerprint density at radius 3 is 2.61 bits per heavy atom. The molecule has 18 heavy (non-hydrogen) atoms. The molecule has 0 unspecified atom stereocenters. The molecule has 4 heteroatoms. The average Bonchev–Trinajstić information content (AvgIpc) is 2.25. The van der Waals surface area contributed by atoms with Crippen molar-refractivity contribution in [1.82, 2.24) is 0 Å². The van der Waals surface area contributed by atoms with Gasteiger partial charge in [0.15, 0.2) is 0 Å². The minimum Gasteiger partial charge on any atom is -0.461 e. The lowest BCUT2D eigenvalue weighted by molar-refractivity contribution is -0.147. The molecule has 0 heterocycles. The Labute approximate surface area is 108 Å². The maximum Gasteiger partial charge on any atom is 0.303 e. The smallest absolute Gasteiger partial charge is 0.303 e. The fourth-order valence-corrected chi connectivity index (χ4v) is 2.07. The van der Waals surface area contributed by atoms with Gasteiger partial charge < -0.3 is 9.47 Å². The second-order valence-corrected chi connectivity index (χ2v) is 4.67. The van der Waals surface area contributed by atoms with E-state index in [1.807, 2.05) is 13.0 Å². The average molecular weight is 252 g/mol. The molecule has 1 aliphatic rings. The molecule has 0 bridgehead atoms. The Bertz CT molecular complexity index is 381. The van der Waals surface area contributed by atoms with Crippen LogP contribution in [0, 0.1) is 5.92 Å². The Balaban J connectivity index is 2.69. The molecule has 0 radical (unpaired) electrons. The molecule has 0 aromatic carbocycles. The first kappa shape index (κ1) is 14.5. The molecule has 1 rings (SSSR count). The third kappa shape index (κ3) is 4.35. The first-order valence-electron chi connectivity index (χ1n) is 6.05. The second kappa shape index (κ2) is 6.38. The van der Waals surface area contributed by atoms with E-state index in [1.54, 1.807) is 0 Å². The van der Waals surface area contributed by atoms with Crippen molar-refractivity contribution in [3.05, 3.63) is 23.8 Å². The van der Waals surface area contributed by atoms with Crippen molar-refractivity contribution in [3.8, 4) is 0 Å². The lowest BCUT2D eigenvalue weighted by Gasteiger charge is -2.30. The quantitative estimate of drug-likeness (QED) is 0.569. The molecular formula is C14H20O4. The number of rotatable bonds is 4. The largest absolute Gasteiger partial charge is 0.461 e. The number of allylic oxidation sites excluding steroid dienone is 1. The summed E-state index contributed by atoms with van der Waals surface area (Å²) >= 11 is 0. The molecule has 100 valence electrons. The Morgan fingerprint density at radius 2 is 2.06 bits per heavy atom. The summed E-state index contributed by atoms with van der Waals surface area (Å²) in [4.78, 5) is 21.9. The molecule has 0 amide bonds. The normalized spacial score (nSPS) is 22.9. The molecule has 1 aliphatic carbocycles. The maximum atomic E-state index is 11.1. The molecule has 2 atom stereocenters. The molecule has 0 N–H and O–H groups in total. The van der Waals surface area contributed by atoms with Crippen LogP contribution in [0.2, 0.25) is 0 Å². The van der Waals surface area contributed by atoms with Crippen molar-refractivity contribution in [2.45, 2.75) is 39.7 Å². The van der Waals surface area contributed by atoms with Gasteiger partial charge in [-0.05, 0) is 31.4 Å². The third-order valence-electron chi connectivity index (χ3n) is 2.98. The van der Waals surface area contributed by atoms with Crippen molar-refractivity contribution in [3.63, 3.8) is 0 Å². The van der Waals surface area contributed by atoms with Gasteiger partial charge in [-0.2, -0.15) is 0 Å². The number of ether oxygens (including phenoxy) is 2. The van der Waals surface area contributed by atoms with Crippen LogP contribution in [0.3, 0.4) is 0 Å². The van der Waals surface area contributed by atoms with Crippen LogP contribution in [-0.4, -0.2) is 24.6 Å². The molecule has 4 nitrogen and oxygen atoms in total. The Hall–Kier alpha value is -1.58. The van der Waals surface area contributed by atoms with Crippen molar-refractivity contribution >= 4 is 11.9 Å². The highest BCUT2D eigenvalue weighted by Crippen LogP contribution is 2.30. The second-order valence-electron chi connectivity index (χ2n) is 4.67. The van der Waals surface area contributed by atoms with Crippen LogP contribution < -0.4 is 0 Å². The molecule has 0 spiro atoms. The standard InChI is InChI=1S/C14H20O4/c1-9-5-6-13(10(2)8-17-11(3)15)14(7-9)18-12(4)16/h7,13-14H,2,5-6,8H2,1,3-4H3/t13-,14-/m1/s1. The van der Waals surface area contributed by atoms with Gasteiger partial charge in [0.25, 0.3) is 0 Å². The van der Waals surface area contributed by atoms with Crippen LogP contribution in [0.15, 0.2) is 23.8 Å². The van der Waals surface area contributed by atoms with Gasteiger partial charge >= 0.3 is 11.9 Å². The fourth-order valence-electron chi connectivity index (χ4n) is 2.07. The highest BCUT2D eigenvalue weighted by molar-refractivity contribution is 5.67. The van der Waals surface area contributed by atoms with E-state index in [9.17, 15) is 9.59 Å². The fraction of sp³-hybridized carbons (Fsp3) is 0.571. The van der Waals surface area contributed by atoms with E-state index in [1.165, 1.54) is 19.4 Å². The lowest BCUT2D eigenvalue weighted by Crippen LogP contribution is -2.30. The summed E-state index contributed by atoms with van der Waals surface area (Å²) < 4.78 is 10.2. The molecule has 0 aliphatic heterocycles. The van der Waals surface area contributed by atoms with E-state index in [0.717, 1.165) is 18.4 Å². The van der Waals surface area contributed by atoms with E-state index in [4.69, 9.17) is 9.47 Å². The van der Waals surface area contributed by atoms with Gasteiger partial charge in [0.1, 0.15) is 12.7 Å². The van der Waals surface area contributed by atoms with Gasteiger partial charge in [0.2, 0.25) is 0 Å². The molecule has 0 aromatic rings. The van der Waals surface area contributed by atoms with Crippen LogP contribution in [0.1, 0.15) is 33.6 Å². The Morgan fingerprint density at radius 1 is 1.39 bits per heavy atom. The summed E-state index contributed by atoms with van der Waals surface area (Å²) in [6, 6.07) is 0. The van der Waals surface area contributed by atoms with E-state index in [-0.39, 0.29) is 30.6 Å². The van der Waals surface area contributed by atoms with Gasteiger partial charge in [-0.25, -0.2) is 0 Å². The lowest BCUT2D eigenvalue weighted by atomic mass is 9.83. The van der Waals surface area contributed by atoms with Crippen LogP contribution in [-0.2, 0) is 19.1 Å². The summed E-state index contributed by atoms with van der Waals surface area (Å²) in [5.74, 6) is -0.615. The molecule has 0 saturated heterocycles. The van der Waals surface area contributed by atoms with Crippen LogP contribution in [0.5, 0.6) is 0 Å². The van der Waals surface area contributed by atoms with Gasteiger partial charge in [0, 0.05) is 19.8 Å². The van der Waals surface area contributed by atoms with Crippen molar-refractivity contribution in [1.29, 1.82) is 0 Å². The predicted octanol–water partition coefficient (Wildman–Crippen LogP) is 2.39. The zero-order chi connectivity index (χ0) is 13.7. The topological polar surface area (TPSA) is 52.6 Å². The number of esters is 2. The summed E-state index contributed by atoms with van der Waals surface area (Å²) in [6.45, 7) is 8.89. The van der Waals surface area contributed by atoms with Crippen molar-refractivity contribution < 1.29 is 19.1 Å². The minimum absolute atomic E-state index is 0.0250. The molecule has 0 aromatic heterocycles. The first-order valence-corrected chi connectivity index (χ1v) is 6.05. The monoisotopic (exact) mass is 252 g/mol. The van der Waals surface area contributed by atoms with Crippen LogP contribution in [0.4, 0.5) is 0 Å². The van der Waals surface area contributed by atoms with E-state index in [0.29, 0.717) is 0 Å². The van der Waals surface area contributed by atoms with Crippen molar-refractivity contribution in [2.24, 2.45) is 5.92 Å². The summed E-state index contributed by atoms with van der Waals surface area (Å²) in [6.07, 6.45) is 3.47. The van der Waals surface area contributed by atoms with E-state index in [2.05, 4.69) is 6.58 Å². The summed E-state index contributed by atoms with van der Waals surface area (Å²) in [5.41, 5.74) is 2.00. The van der Waals surface area contributed by atoms with Gasteiger partial charge in [-0.3, -0.25) is 9.59 Å². The highest BCUT2D eigenvalue weighted by Gasteiger charge is 2.28.